The molecule has 0 unspecified atom stereocenters. The van der Waals surface area contributed by atoms with E-state index >= 15 is 0 Å². The van der Waals surface area contributed by atoms with Gasteiger partial charge in [0.25, 0.3) is 0 Å². The van der Waals surface area contributed by atoms with Gasteiger partial charge in [-0.1, -0.05) is 18.5 Å². The van der Waals surface area contributed by atoms with Crippen molar-refractivity contribution in [2.75, 3.05) is 13.2 Å². The van der Waals surface area contributed by atoms with E-state index in [1.807, 2.05) is 6.92 Å². The van der Waals surface area contributed by atoms with Gasteiger partial charge in [0.05, 0.1) is 0 Å². The Kier molecular flexibility index (Phi) is 6.81. The summed E-state index contributed by atoms with van der Waals surface area (Å²) in [5.74, 6) is -1.76. The van der Waals surface area contributed by atoms with E-state index in [9.17, 15) is 8.78 Å². The van der Waals surface area contributed by atoms with Crippen molar-refractivity contribution in [1.29, 1.82) is 0 Å². The maximum absolute atomic E-state index is 13.7. The molecule has 0 fully saturated rings. The molecule has 0 atom stereocenters. The SMILES string of the molecule is CCCNCc1cc(F)c(OC/C(C)=C/Cl)c(F)c1. The third-order valence-electron chi connectivity index (χ3n) is 2.44. The highest BCUT2D eigenvalue weighted by Gasteiger charge is 2.12. The molecular formula is C14H18ClF2NO. The minimum atomic E-state index is -0.698. The van der Waals surface area contributed by atoms with Crippen molar-refractivity contribution in [3.8, 4) is 5.75 Å². The van der Waals surface area contributed by atoms with Crippen LogP contribution in [0.15, 0.2) is 23.2 Å². The second-order valence-electron chi connectivity index (χ2n) is 4.31. The maximum atomic E-state index is 13.7. The van der Waals surface area contributed by atoms with Gasteiger partial charge < -0.3 is 10.1 Å². The third kappa shape index (κ3) is 5.17. The predicted octanol–water partition coefficient (Wildman–Crippen LogP) is 3.99. The Hall–Kier alpha value is -1.13. The number of halogens is 3. The minimum Gasteiger partial charge on any atom is -0.483 e. The van der Waals surface area contributed by atoms with Gasteiger partial charge in [-0.05, 0) is 43.2 Å². The van der Waals surface area contributed by atoms with E-state index in [0.29, 0.717) is 17.7 Å². The molecular weight excluding hydrogens is 272 g/mol. The normalized spacial score (nSPS) is 11.7. The number of hydrogen-bond acceptors (Lipinski definition) is 2. The number of nitrogens with one attached hydrogen (secondary N) is 1. The highest BCUT2D eigenvalue weighted by atomic mass is 35.5. The van der Waals surface area contributed by atoms with E-state index in [4.69, 9.17) is 16.3 Å². The molecule has 5 heteroatoms. The molecule has 0 saturated heterocycles. The molecule has 1 N–H and O–H groups in total. The molecule has 0 aliphatic rings. The molecule has 0 aliphatic carbocycles. The van der Waals surface area contributed by atoms with Crippen LogP contribution in [0.2, 0.25) is 0 Å². The van der Waals surface area contributed by atoms with E-state index < -0.39 is 11.6 Å². The Morgan fingerprint density at radius 1 is 1.37 bits per heavy atom. The van der Waals surface area contributed by atoms with Crippen LogP contribution in [-0.2, 0) is 6.54 Å². The van der Waals surface area contributed by atoms with Crippen molar-refractivity contribution in [2.24, 2.45) is 0 Å². The first-order chi connectivity index (χ1) is 9.08. The van der Waals surface area contributed by atoms with Crippen LogP contribution >= 0.6 is 11.6 Å². The van der Waals surface area contributed by atoms with Crippen molar-refractivity contribution in [3.63, 3.8) is 0 Å². The zero-order valence-corrected chi connectivity index (χ0v) is 11.9. The third-order valence-corrected chi connectivity index (χ3v) is 2.82. The maximum Gasteiger partial charge on any atom is 0.191 e. The summed E-state index contributed by atoms with van der Waals surface area (Å²) >= 11 is 5.46. The summed E-state index contributed by atoms with van der Waals surface area (Å²) in [4.78, 5) is 0. The number of rotatable bonds is 7. The smallest absolute Gasteiger partial charge is 0.191 e. The number of hydrogen-bond donors (Lipinski definition) is 1. The van der Waals surface area contributed by atoms with Gasteiger partial charge >= 0.3 is 0 Å². The van der Waals surface area contributed by atoms with Gasteiger partial charge in [0, 0.05) is 12.1 Å². The average Bonchev–Trinajstić information content (AvgIpc) is 2.37. The van der Waals surface area contributed by atoms with Crippen LogP contribution in [0.5, 0.6) is 5.75 Å². The molecule has 0 saturated carbocycles. The van der Waals surface area contributed by atoms with Crippen LogP contribution in [0.1, 0.15) is 25.8 Å². The first-order valence-corrected chi connectivity index (χ1v) is 6.59. The molecule has 106 valence electrons. The van der Waals surface area contributed by atoms with Gasteiger partial charge in [0.1, 0.15) is 6.61 Å². The number of ether oxygens (including phenoxy) is 1. The summed E-state index contributed by atoms with van der Waals surface area (Å²) in [6, 6.07) is 2.56. The second-order valence-corrected chi connectivity index (χ2v) is 4.53. The van der Waals surface area contributed by atoms with Crippen LogP contribution in [0, 0.1) is 11.6 Å². The van der Waals surface area contributed by atoms with E-state index in [0.717, 1.165) is 13.0 Å². The molecule has 0 aromatic heterocycles. The Labute approximate surface area is 117 Å². The highest BCUT2D eigenvalue weighted by Crippen LogP contribution is 2.23. The summed E-state index contributed by atoms with van der Waals surface area (Å²) in [6.45, 7) is 5.04. The molecule has 0 spiro atoms. The lowest BCUT2D eigenvalue weighted by Crippen LogP contribution is -2.14. The molecule has 0 radical (unpaired) electrons. The monoisotopic (exact) mass is 289 g/mol. The van der Waals surface area contributed by atoms with Crippen molar-refractivity contribution in [3.05, 3.63) is 40.4 Å². The predicted molar refractivity (Wildman–Crippen MR) is 73.5 cm³/mol. The van der Waals surface area contributed by atoms with Crippen LogP contribution in [-0.4, -0.2) is 13.2 Å². The lowest BCUT2D eigenvalue weighted by molar-refractivity contribution is 0.312. The Bertz CT molecular complexity index is 426. The van der Waals surface area contributed by atoms with Gasteiger partial charge in [-0.25, -0.2) is 8.78 Å². The van der Waals surface area contributed by atoms with E-state index in [1.54, 1.807) is 6.92 Å². The van der Waals surface area contributed by atoms with Gasteiger partial charge in [-0.2, -0.15) is 0 Å². The fourth-order valence-electron chi connectivity index (χ4n) is 1.48. The molecule has 19 heavy (non-hydrogen) atoms. The van der Waals surface area contributed by atoms with Gasteiger partial charge in [-0.15, -0.1) is 0 Å². The lowest BCUT2D eigenvalue weighted by atomic mass is 10.2. The van der Waals surface area contributed by atoms with E-state index in [-0.39, 0.29) is 12.4 Å². The Balaban J connectivity index is 2.73. The van der Waals surface area contributed by atoms with Crippen molar-refractivity contribution >= 4 is 11.6 Å². The highest BCUT2D eigenvalue weighted by molar-refractivity contribution is 6.25. The number of benzene rings is 1. The zero-order chi connectivity index (χ0) is 14.3. The quantitative estimate of drug-likeness (QED) is 0.767. The molecule has 2 nitrogen and oxygen atoms in total. The fraction of sp³-hybridized carbons (Fsp3) is 0.429. The molecule has 0 bridgehead atoms. The summed E-state index contributed by atoms with van der Waals surface area (Å²) < 4.78 is 32.5. The van der Waals surface area contributed by atoms with E-state index in [2.05, 4.69) is 5.32 Å². The van der Waals surface area contributed by atoms with Crippen LogP contribution in [0.25, 0.3) is 0 Å². The molecule has 1 aromatic rings. The largest absolute Gasteiger partial charge is 0.483 e. The minimum absolute atomic E-state index is 0.0603. The Morgan fingerprint density at radius 2 is 2.00 bits per heavy atom. The zero-order valence-electron chi connectivity index (χ0n) is 11.1. The van der Waals surface area contributed by atoms with Crippen molar-refractivity contribution < 1.29 is 13.5 Å². The Morgan fingerprint density at radius 3 is 2.53 bits per heavy atom. The molecule has 0 amide bonds. The molecule has 0 aliphatic heterocycles. The van der Waals surface area contributed by atoms with Crippen molar-refractivity contribution in [1.82, 2.24) is 5.32 Å². The van der Waals surface area contributed by atoms with Crippen LogP contribution < -0.4 is 10.1 Å². The standard InChI is InChI=1S/C14H18ClF2NO/c1-3-4-18-8-11-5-12(16)14(13(17)6-11)19-9-10(2)7-15/h5-7,18H,3-4,8-9H2,1-2H3/b10-7+. The van der Waals surface area contributed by atoms with Gasteiger partial charge in [0.2, 0.25) is 0 Å². The first-order valence-electron chi connectivity index (χ1n) is 6.15. The summed E-state index contributed by atoms with van der Waals surface area (Å²) in [6.07, 6.45) is 0.968. The topological polar surface area (TPSA) is 21.3 Å². The second kappa shape index (κ2) is 8.12. The fourth-order valence-corrected chi connectivity index (χ4v) is 1.54. The van der Waals surface area contributed by atoms with Crippen LogP contribution in [0.4, 0.5) is 8.78 Å². The average molecular weight is 290 g/mol. The molecule has 0 heterocycles. The summed E-state index contributed by atoms with van der Waals surface area (Å²) in [5.41, 5.74) is 2.56. The molecule has 1 aromatic carbocycles. The van der Waals surface area contributed by atoms with Crippen LogP contribution in [0.3, 0.4) is 0 Å². The van der Waals surface area contributed by atoms with E-state index in [1.165, 1.54) is 17.7 Å². The lowest BCUT2D eigenvalue weighted by Gasteiger charge is -2.10. The summed E-state index contributed by atoms with van der Waals surface area (Å²) in [5, 5.41) is 3.08. The summed E-state index contributed by atoms with van der Waals surface area (Å²) in [7, 11) is 0. The van der Waals surface area contributed by atoms with Gasteiger partial charge in [-0.3, -0.25) is 0 Å². The van der Waals surface area contributed by atoms with Gasteiger partial charge in [0.15, 0.2) is 17.4 Å². The first kappa shape index (κ1) is 15.9. The van der Waals surface area contributed by atoms with Crippen molar-refractivity contribution in [2.45, 2.75) is 26.8 Å². The molecule has 1 rings (SSSR count).